The second-order valence-electron chi connectivity index (χ2n) is 5.90. The van der Waals surface area contributed by atoms with Crippen LogP contribution in [0.1, 0.15) is 55.6 Å². The summed E-state index contributed by atoms with van der Waals surface area (Å²) in [5, 5.41) is 12.5. The van der Waals surface area contributed by atoms with E-state index in [4.69, 9.17) is 5.10 Å². The third kappa shape index (κ3) is 3.18. The van der Waals surface area contributed by atoms with Crippen LogP contribution in [0, 0.1) is 6.92 Å². The number of nitrogens with zero attached hydrogens (tertiary/aromatic N) is 4. The van der Waals surface area contributed by atoms with E-state index in [0.717, 1.165) is 25.3 Å². The number of aryl methyl sites for hydroxylation is 1. The van der Waals surface area contributed by atoms with Gasteiger partial charge in [-0.1, -0.05) is 12.8 Å². The molecule has 0 aromatic carbocycles. The summed E-state index contributed by atoms with van der Waals surface area (Å²) >= 11 is 0. The molecule has 2 heterocycles. The molecule has 1 aliphatic rings. The lowest BCUT2D eigenvalue weighted by Crippen LogP contribution is -2.14. The summed E-state index contributed by atoms with van der Waals surface area (Å²) in [4.78, 5) is 0. The maximum Gasteiger partial charge on any atom is 0.0762 e. The van der Waals surface area contributed by atoms with Crippen LogP contribution < -0.4 is 5.32 Å². The number of hydrogen-bond acceptors (Lipinski definition) is 3. The predicted octanol–water partition coefficient (Wildman–Crippen LogP) is 2.81. The van der Waals surface area contributed by atoms with E-state index in [0.29, 0.717) is 6.04 Å². The molecule has 1 fully saturated rings. The Labute approximate surface area is 126 Å². The molecule has 2 aromatic rings. The summed E-state index contributed by atoms with van der Waals surface area (Å²) in [6.45, 7) is 6.84. The highest BCUT2D eigenvalue weighted by Crippen LogP contribution is 2.28. The van der Waals surface area contributed by atoms with Crippen molar-refractivity contribution < 1.29 is 0 Å². The fourth-order valence-electron chi connectivity index (χ4n) is 3.15. The van der Waals surface area contributed by atoms with Gasteiger partial charge in [0.05, 0.1) is 17.9 Å². The topological polar surface area (TPSA) is 47.7 Å². The van der Waals surface area contributed by atoms with E-state index in [1.54, 1.807) is 0 Å². The summed E-state index contributed by atoms with van der Waals surface area (Å²) in [6, 6.07) is 2.76. The van der Waals surface area contributed by atoms with E-state index in [-0.39, 0.29) is 0 Å². The normalized spacial score (nSPS) is 15.9. The van der Waals surface area contributed by atoms with Gasteiger partial charge in [0.1, 0.15) is 0 Å². The van der Waals surface area contributed by atoms with E-state index >= 15 is 0 Å². The molecule has 1 N–H and O–H groups in total. The van der Waals surface area contributed by atoms with Crippen LogP contribution in [-0.2, 0) is 19.6 Å². The highest BCUT2D eigenvalue weighted by molar-refractivity contribution is 5.15. The summed E-state index contributed by atoms with van der Waals surface area (Å²) in [7, 11) is 0. The molecule has 114 valence electrons. The first-order valence-electron chi connectivity index (χ1n) is 8.04. The summed E-state index contributed by atoms with van der Waals surface area (Å²) < 4.78 is 4.19. The van der Waals surface area contributed by atoms with Crippen molar-refractivity contribution in [1.29, 1.82) is 0 Å². The Hall–Kier alpha value is -1.62. The van der Waals surface area contributed by atoms with Crippen molar-refractivity contribution in [3.05, 3.63) is 35.4 Å². The van der Waals surface area contributed by atoms with Crippen molar-refractivity contribution >= 4 is 0 Å². The van der Waals surface area contributed by atoms with Crippen LogP contribution in [0.25, 0.3) is 0 Å². The molecule has 1 aliphatic carbocycles. The number of nitrogens with one attached hydrogen (secondary N) is 1. The second kappa shape index (κ2) is 6.43. The Morgan fingerprint density at radius 2 is 2.10 bits per heavy atom. The van der Waals surface area contributed by atoms with E-state index in [1.807, 2.05) is 10.9 Å². The minimum Gasteiger partial charge on any atom is -0.307 e. The van der Waals surface area contributed by atoms with Gasteiger partial charge in [-0.2, -0.15) is 10.2 Å². The molecule has 5 nitrogen and oxygen atoms in total. The molecule has 0 atom stereocenters. The Balaban J connectivity index is 1.52. The van der Waals surface area contributed by atoms with Crippen LogP contribution in [0.15, 0.2) is 18.5 Å². The van der Waals surface area contributed by atoms with Crippen LogP contribution in [0.4, 0.5) is 0 Å². The van der Waals surface area contributed by atoms with Gasteiger partial charge in [-0.15, -0.1) is 0 Å². The molecule has 3 rings (SSSR count). The molecule has 5 heteroatoms. The van der Waals surface area contributed by atoms with Gasteiger partial charge in [0.15, 0.2) is 0 Å². The van der Waals surface area contributed by atoms with Crippen molar-refractivity contribution in [2.45, 2.75) is 65.2 Å². The van der Waals surface area contributed by atoms with Gasteiger partial charge in [0.2, 0.25) is 0 Å². The second-order valence-corrected chi connectivity index (χ2v) is 5.90. The smallest absolute Gasteiger partial charge is 0.0762 e. The van der Waals surface area contributed by atoms with Gasteiger partial charge in [-0.25, -0.2) is 0 Å². The minimum absolute atomic E-state index is 0.629. The first-order chi connectivity index (χ1) is 10.3. The first-order valence-corrected chi connectivity index (χ1v) is 8.04. The lowest BCUT2D eigenvalue weighted by molar-refractivity contribution is 0.460. The third-order valence-corrected chi connectivity index (χ3v) is 4.49. The van der Waals surface area contributed by atoms with Gasteiger partial charge in [0, 0.05) is 37.1 Å². The number of hydrogen-bond donors (Lipinski definition) is 1. The van der Waals surface area contributed by atoms with Crippen LogP contribution in [0.3, 0.4) is 0 Å². The predicted molar refractivity (Wildman–Crippen MR) is 82.9 cm³/mol. The molecule has 0 bridgehead atoms. The SMILES string of the molecule is CCn1ncc(CNCc2ccn(C3CCCC3)n2)c1C. The molecule has 0 unspecified atom stereocenters. The first kappa shape index (κ1) is 14.3. The number of rotatable bonds is 6. The van der Waals surface area contributed by atoms with E-state index in [2.05, 4.69) is 41.2 Å². The third-order valence-electron chi connectivity index (χ3n) is 4.49. The van der Waals surface area contributed by atoms with Crippen molar-refractivity contribution in [2.24, 2.45) is 0 Å². The average molecular weight is 287 g/mol. The van der Waals surface area contributed by atoms with Crippen molar-refractivity contribution in [2.75, 3.05) is 0 Å². The Bertz CT molecular complexity index is 577. The number of aromatic nitrogens is 4. The summed E-state index contributed by atoms with van der Waals surface area (Å²) in [6.07, 6.45) is 9.35. The fraction of sp³-hybridized carbons (Fsp3) is 0.625. The molecule has 0 spiro atoms. The quantitative estimate of drug-likeness (QED) is 0.888. The molecular weight excluding hydrogens is 262 g/mol. The summed E-state index contributed by atoms with van der Waals surface area (Å²) in [5.74, 6) is 0. The fourth-order valence-corrected chi connectivity index (χ4v) is 3.15. The Morgan fingerprint density at radius 1 is 1.29 bits per heavy atom. The van der Waals surface area contributed by atoms with Crippen LogP contribution in [-0.4, -0.2) is 19.6 Å². The van der Waals surface area contributed by atoms with Gasteiger partial charge in [-0.3, -0.25) is 9.36 Å². The van der Waals surface area contributed by atoms with E-state index in [1.165, 1.54) is 36.9 Å². The molecule has 0 saturated heterocycles. The highest BCUT2D eigenvalue weighted by atomic mass is 15.3. The standard InChI is InChI=1S/C16H25N5/c1-3-20-13(2)14(11-18-20)10-17-12-15-8-9-21(19-15)16-6-4-5-7-16/h8-9,11,16-17H,3-7,10,12H2,1-2H3. The van der Waals surface area contributed by atoms with E-state index < -0.39 is 0 Å². The molecule has 0 amide bonds. The van der Waals surface area contributed by atoms with Crippen molar-refractivity contribution in [3.8, 4) is 0 Å². The lowest BCUT2D eigenvalue weighted by Gasteiger charge is -2.09. The average Bonchev–Trinajstić information content (AvgIpc) is 3.20. The zero-order valence-electron chi connectivity index (χ0n) is 13.0. The van der Waals surface area contributed by atoms with Crippen LogP contribution >= 0.6 is 0 Å². The van der Waals surface area contributed by atoms with Crippen molar-refractivity contribution in [3.63, 3.8) is 0 Å². The molecule has 0 aliphatic heterocycles. The Kier molecular flexibility index (Phi) is 4.39. The Morgan fingerprint density at radius 3 is 2.81 bits per heavy atom. The molecule has 2 aromatic heterocycles. The zero-order valence-corrected chi connectivity index (χ0v) is 13.0. The molecule has 1 saturated carbocycles. The highest BCUT2D eigenvalue weighted by Gasteiger charge is 2.17. The maximum absolute atomic E-state index is 4.70. The molecule has 0 radical (unpaired) electrons. The van der Waals surface area contributed by atoms with E-state index in [9.17, 15) is 0 Å². The van der Waals surface area contributed by atoms with Crippen LogP contribution in [0.2, 0.25) is 0 Å². The zero-order chi connectivity index (χ0) is 14.7. The van der Waals surface area contributed by atoms with Crippen molar-refractivity contribution in [1.82, 2.24) is 24.9 Å². The maximum atomic E-state index is 4.70. The van der Waals surface area contributed by atoms with Gasteiger partial charge < -0.3 is 5.32 Å². The van der Waals surface area contributed by atoms with Crippen LogP contribution in [0.5, 0.6) is 0 Å². The summed E-state index contributed by atoms with van der Waals surface area (Å²) in [5.41, 5.74) is 3.65. The van der Waals surface area contributed by atoms with Gasteiger partial charge in [-0.05, 0) is 32.8 Å². The van der Waals surface area contributed by atoms with Gasteiger partial charge in [0.25, 0.3) is 0 Å². The largest absolute Gasteiger partial charge is 0.307 e. The molecule has 21 heavy (non-hydrogen) atoms. The minimum atomic E-state index is 0.629. The molecular formula is C16H25N5. The van der Waals surface area contributed by atoms with Gasteiger partial charge >= 0.3 is 0 Å². The monoisotopic (exact) mass is 287 g/mol. The lowest BCUT2D eigenvalue weighted by atomic mass is 10.2.